The van der Waals surface area contributed by atoms with Crippen LogP contribution >= 0.6 is 0 Å². The van der Waals surface area contributed by atoms with Gasteiger partial charge in [-0.1, -0.05) is 18.2 Å². The van der Waals surface area contributed by atoms with Crippen LogP contribution in [0.15, 0.2) is 36.8 Å². The fraction of sp³-hybridized carbons (Fsp3) is 0.389. The average Bonchev–Trinajstić information content (AvgIpc) is 3.33. The summed E-state index contributed by atoms with van der Waals surface area (Å²) in [5, 5.41) is 21.0. The van der Waals surface area contributed by atoms with Gasteiger partial charge in [0.1, 0.15) is 12.2 Å². The van der Waals surface area contributed by atoms with Crippen molar-refractivity contribution in [3.8, 4) is 0 Å². The van der Waals surface area contributed by atoms with E-state index in [2.05, 4.69) is 20.5 Å². The van der Waals surface area contributed by atoms with Gasteiger partial charge in [0.15, 0.2) is 0 Å². The number of aryl methyl sites for hydroxylation is 1. The molecule has 1 fully saturated rings. The zero-order chi connectivity index (χ0) is 17.4. The minimum atomic E-state index is -0.442. The largest absolute Gasteiger partial charge is 0.393 e. The molecule has 130 valence electrons. The molecule has 0 spiro atoms. The number of aliphatic hydroxyl groups excluding tert-OH is 1. The van der Waals surface area contributed by atoms with E-state index in [9.17, 15) is 9.90 Å². The molecule has 1 amide bonds. The van der Waals surface area contributed by atoms with Crippen molar-refractivity contribution in [1.29, 1.82) is 0 Å². The topological polar surface area (TPSA) is 95.8 Å². The van der Waals surface area contributed by atoms with Gasteiger partial charge in [0.05, 0.1) is 11.7 Å². The second kappa shape index (κ2) is 6.33. The lowest BCUT2D eigenvalue weighted by Crippen LogP contribution is -2.32. The molecule has 25 heavy (non-hydrogen) atoms. The Bertz CT molecular complexity index is 886. The predicted molar refractivity (Wildman–Crippen MR) is 93.1 cm³/mol. The highest BCUT2D eigenvalue weighted by molar-refractivity contribution is 6.06. The second-order valence-corrected chi connectivity index (χ2v) is 6.75. The average molecular weight is 339 g/mol. The van der Waals surface area contributed by atoms with Crippen LogP contribution in [0.4, 0.5) is 0 Å². The van der Waals surface area contributed by atoms with Crippen LogP contribution in [-0.2, 0) is 7.05 Å². The van der Waals surface area contributed by atoms with Crippen molar-refractivity contribution in [1.82, 2.24) is 25.1 Å². The molecule has 2 aromatic heterocycles. The van der Waals surface area contributed by atoms with E-state index in [1.54, 1.807) is 0 Å². The molecule has 0 radical (unpaired) electrons. The Hall–Kier alpha value is -2.67. The third kappa shape index (κ3) is 2.91. The molecule has 3 atom stereocenters. The van der Waals surface area contributed by atoms with Crippen LogP contribution in [0.3, 0.4) is 0 Å². The van der Waals surface area contributed by atoms with Crippen LogP contribution in [-0.4, -0.2) is 43.4 Å². The van der Waals surface area contributed by atoms with Gasteiger partial charge in [-0.15, -0.1) is 0 Å². The number of aromatic nitrogens is 4. The first-order valence-corrected chi connectivity index (χ1v) is 8.49. The molecular weight excluding hydrogens is 318 g/mol. The Kier molecular flexibility index (Phi) is 4.01. The number of benzene rings is 1. The Morgan fingerprint density at radius 3 is 3.04 bits per heavy atom. The standard InChI is InChI=1S/C18H21N5O2/c1-23-9-14(13-4-2-3-5-15(13)23)18(25)19-8-12-6-11(7-16(12)24)17-20-10-21-22-17/h2-5,9-12,16,24H,6-8H2,1H3,(H,19,25)(H,20,21,22)/t11-,12+,16+/m1/s1. The van der Waals surface area contributed by atoms with Gasteiger partial charge in [-0.25, -0.2) is 4.98 Å². The van der Waals surface area contributed by atoms with Crippen molar-refractivity contribution in [2.24, 2.45) is 13.0 Å². The van der Waals surface area contributed by atoms with Gasteiger partial charge in [0, 0.05) is 42.5 Å². The number of carbonyl (C=O) groups excluding carboxylic acids is 1. The lowest BCUT2D eigenvalue weighted by atomic mass is 10.0. The molecular formula is C18H21N5O2. The highest BCUT2D eigenvalue weighted by Gasteiger charge is 2.35. The van der Waals surface area contributed by atoms with Gasteiger partial charge >= 0.3 is 0 Å². The smallest absolute Gasteiger partial charge is 0.253 e. The number of hydrogen-bond donors (Lipinski definition) is 3. The van der Waals surface area contributed by atoms with Crippen LogP contribution in [0.25, 0.3) is 10.9 Å². The molecule has 1 aromatic carbocycles. The monoisotopic (exact) mass is 339 g/mol. The number of carbonyl (C=O) groups is 1. The molecule has 2 heterocycles. The Morgan fingerprint density at radius 1 is 1.40 bits per heavy atom. The number of amides is 1. The van der Waals surface area contributed by atoms with Crippen LogP contribution in [0.2, 0.25) is 0 Å². The Morgan fingerprint density at radius 2 is 2.24 bits per heavy atom. The number of hydrogen-bond acceptors (Lipinski definition) is 4. The highest BCUT2D eigenvalue weighted by Crippen LogP contribution is 2.36. The van der Waals surface area contributed by atoms with Gasteiger partial charge in [-0.05, 0) is 18.9 Å². The molecule has 3 N–H and O–H groups in total. The van der Waals surface area contributed by atoms with Crippen molar-refractivity contribution in [2.75, 3.05) is 6.54 Å². The Labute approximate surface area is 145 Å². The maximum atomic E-state index is 12.6. The third-order valence-electron chi connectivity index (χ3n) is 5.14. The lowest BCUT2D eigenvalue weighted by molar-refractivity contribution is 0.0918. The lowest BCUT2D eigenvalue weighted by Gasteiger charge is -2.14. The molecule has 7 nitrogen and oxygen atoms in total. The first-order chi connectivity index (χ1) is 12.1. The minimum absolute atomic E-state index is 0.0222. The fourth-order valence-corrected chi connectivity index (χ4v) is 3.80. The molecule has 1 aliphatic carbocycles. The minimum Gasteiger partial charge on any atom is -0.393 e. The summed E-state index contributed by atoms with van der Waals surface area (Å²) >= 11 is 0. The predicted octanol–water partition coefficient (Wildman–Crippen LogP) is 1.58. The number of nitrogens with zero attached hydrogens (tertiary/aromatic N) is 3. The number of aliphatic hydroxyl groups is 1. The van der Waals surface area contributed by atoms with Crippen molar-refractivity contribution < 1.29 is 9.90 Å². The van der Waals surface area contributed by atoms with Crippen LogP contribution < -0.4 is 5.32 Å². The Balaban J connectivity index is 1.43. The van der Waals surface area contributed by atoms with Gasteiger partial charge in [0.25, 0.3) is 5.91 Å². The van der Waals surface area contributed by atoms with E-state index in [0.717, 1.165) is 23.1 Å². The van der Waals surface area contributed by atoms with E-state index >= 15 is 0 Å². The van der Waals surface area contributed by atoms with Gasteiger partial charge in [-0.2, -0.15) is 5.10 Å². The molecule has 1 saturated carbocycles. The first-order valence-electron chi connectivity index (χ1n) is 8.49. The summed E-state index contributed by atoms with van der Waals surface area (Å²) < 4.78 is 1.95. The van der Waals surface area contributed by atoms with Crippen LogP contribution in [0, 0.1) is 5.92 Å². The van der Waals surface area contributed by atoms with E-state index in [1.807, 2.05) is 42.1 Å². The number of rotatable bonds is 4. The van der Waals surface area contributed by atoms with Crippen molar-refractivity contribution in [2.45, 2.75) is 24.9 Å². The summed E-state index contributed by atoms with van der Waals surface area (Å²) in [4.78, 5) is 16.8. The SMILES string of the molecule is Cn1cc(C(=O)NC[C@@H]2C[C@@H](c3ncn[nH]3)C[C@@H]2O)c2ccccc21. The van der Waals surface area contributed by atoms with Gasteiger partial charge in [-0.3, -0.25) is 9.89 Å². The summed E-state index contributed by atoms with van der Waals surface area (Å²) in [7, 11) is 1.93. The number of nitrogens with one attached hydrogen (secondary N) is 2. The zero-order valence-electron chi connectivity index (χ0n) is 14.0. The summed E-state index contributed by atoms with van der Waals surface area (Å²) in [6.45, 7) is 0.452. The van der Waals surface area contributed by atoms with Crippen molar-refractivity contribution in [3.63, 3.8) is 0 Å². The molecule has 0 bridgehead atoms. The number of fused-ring (bicyclic) bond motifs is 1. The van der Waals surface area contributed by atoms with Crippen LogP contribution in [0.5, 0.6) is 0 Å². The molecule has 7 heteroatoms. The van der Waals surface area contributed by atoms with Crippen molar-refractivity contribution in [3.05, 3.63) is 48.2 Å². The first kappa shape index (κ1) is 15.8. The third-order valence-corrected chi connectivity index (χ3v) is 5.14. The summed E-state index contributed by atoms with van der Waals surface area (Å²) in [6, 6.07) is 7.84. The highest BCUT2D eigenvalue weighted by atomic mass is 16.3. The number of aromatic amines is 1. The quantitative estimate of drug-likeness (QED) is 0.672. The normalized spacial score (nSPS) is 23.2. The molecule has 4 rings (SSSR count). The van der Waals surface area contributed by atoms with E-state index in [-0.39, 0.29) is 17.7 Å². The maximum absolute atomic E-state index is 12.6. The number of para-hydroxylation sites is 1. The van der Waals surface area contributed by atoms with E-state index in [4.69, 9.17) is 0 Å². The maximum Gasteiger partial charge on any atom is 0.253 e. The molecule has 0 unspecified atom stereocenters. The van der Waals surface area contributed by atoms with E-state index in [1.165, 1.54) is 6.33 Å². The zero-order valence-corrected chi connectivity index (χ0v) is 14.0. The molecule has 3 aromatic rings. The summed E-state index contributed by atoms with van der Waals surface area (Å²) in [5.74, 6) is 0.889. The molecule has 1 aliphatic rings. The molecule has 0 aliphatic heterocycles. The fourth-order valence-electron chi connectivity index (χ4n) is 3.80. The molecule has 0 saturated heterocycles. The summed E-state index contributed by atoms with van der Waals surface area (Å²) in [5.41, 5.74) is 1.69. The number of H-pyrrole nitrogens is 1. The van der Waals surface area contributed by atoms with Crippen molar-refractivity contribution >= 4 is 16.8 Å². The van der Waals surface area contributed by atoms with E-state index in [0.29, 0.717) is 18.5 Å². The second-order valence-electron chi connectivity index (χ2n) is 6.75. The van der Waals surface area contributed by atoms with Crippen LogP contribution in [0.1, 0.15) is 34.9 Å². The van der Waals surface area contributed by atoms with Gasteiger partial charge in [0.2, 0.25) is 0 Å². The summed E-state index contributed by atoms with van der Waals surface area (Å²) in [6.07, 6.45) is 4.32. The van der Waals surface area contributed by atoms with E-state index < -0.39 is 6.10 Å². The van der Waals surface area contributed by atoms with Gasteiger partial charge < -0.3 is 15.0 Å².